The van der Waals surface area contributed by atoms with E-state index in [2.05, 4.69) is 61.6 Å². The number of fused-ring (bicyclic) bond motifs is 1. The molecule has 1 nitrogen and oxygen atoms in total. The van der Waals surface area contributed by atoms with Crippen LogP contribution in [0.2, 0.25) is 0 Å². The number of aryl methyl sites for hydroxylation is 1. The molecule has 19 heavy (non-hydrogen) atoms. The van der Waals surface area contributed by atoms with E-state index in [1.807, 2.05) is 11.8 Å². The second-order valence-corrected chi connectivity index (χ2v) is 6.19. The molecule has 0 saturated carbocycles. The van der Waals surface area contributed by atoms with Gasteiger partial charge in [0.15, 0.2) is 0 Å². The van der Waals surface area contributed by atoms with Crippen LogP contribution < -0.4 is 5.32 Å². The van der Waals surface area contributed by atoms with E-state index in [4.69, 9.17) is 0 Å². The predicted octanol–water partition coefficient (Wildman–Crippen LogP) is 4.70. The number of nitrogens with one attached hydrogen (secondary N) is 1. The molecule has 2 aromatic carbocycles. The van der Waals surface area contributed by atoms with Crippen molar-refractivity contribution in [1.82, 2.24) is 0 Å². The Morgan fingerprint density at radius 1 is 1.05 bits per heavy atom. The van der Waals surface area contributed by atoms with Crippen LogP contribution >= 0.6 is 11.8 Å². The Morgan fingerprint density at radius 3 is 2.79 bits per heavy atom. The maximum atomic E-state index is 3.73. The molecule has 0 aliphatic carbocycles. The van der Waals surface area contributed by atoms with Crippen molar-refractivity contribution in [2.75, 3.05) is 11.1 Å². The van der Waals surface area contributed by atoms with E-state index in [9.17, 15) is 0 Å². The topological polar surface area (TPSA) is 12.0 Å². The molecule has 1 aliphatic heterocycles. The standard InChI is InChI=1S/C17H19NS/c1-12-6-5-9-16(13(12)2)18-17-11-19-10-14-7-3-4-8-15(14)17/h3-9,17-18H,10-11H2,1-2H3. The van der Waals surface area contributed by atoms with Gasteiger partial charge >= 0.3 is 0 Å². The predicted molar refractivity (Wildman–Crippen MR) is 84.9 cm³/mol. The van der Waals surface area contributed by atoms with E-state index >= 15 is 0 Å². The fourth-order valence-corrected chi connectivity index (χ4v) is 3.70. The first-order valence-electron chi connectivity index (χ1n) is 6.74. The molecule has 2 heteroatoms. The zero-order chi connectivity index (χ0) is 13.2. The summed E-state index contributed by atoms with van der Waals surface area (Å²) >= 11 is 2.01. The van der Waals surface area contributed by atoms with Gasteiger partial charge in [0.25, 0.3) is 0 Å². The minimum atomic E-state index is 0.426. The maximum Gasteiger partial charge on any atom is 0.0607 e. The van der Waals surface area contributed by atoms with Gasteiger partial charge in [0.1, 0.15) is 0 Å². The van der Waals surface area contributed by atoms with Gasteiger partial charge in [-0.1, -0.05) is 36.4 Å². The van der Waals surface area contributed by atoms with Crippen molar-refractivity contribution in [3.05, 3.63) is 64.7 Å². The molecule has 1 N–H and O–H groups in total. The summed E-state index contributed by atoms with van der Waals surface area (Å²) in [7, 11) is 0. The smallest absolute Gasteiger partial charge is 0.0607 e. The van der Waals surface area contributed by atoms with Gasteiger partial charge in [-0.25, -0.2) is 0 Å². The number of anilines is 1. The molecule has 0 spiro atoms. The Morgan fingerprint density at radius 2 is 1.89 bits per heavy atom. The minimum Gasteiger partial charge on any atom is -0.377 e. The lowest BCUT2D eigenvalue weighted by Gasteiger charge is -2.27. The maximum absolute atomic E-state index is 3.73. The molecule has 0 bridgehead atoms. The zero-order valence-corrected chi connectivity index (χ0v) is 12.3. The van der Waals surface area contributed by atoms with E-state index in [0.29, 0.717) is 6.04 Å². The van der Waals surface area contributed by atoms with Crippen LogP contribution in [0.25, 0.3) is 0 Å². The highest BCUT2D eigenvalue weighted by atomic mass is 32.2. The molecule has 3 rings (SSSR count). The van der Waals surface area contributed by atoms with Crippen LogP contribution in [0.15, 0.2) is 42.5 Å². The summed E-state index contributed by atoms with van der Waals surface area (Å²) < 4.78 is 0. The number of thioether (sulfide) groups is 1. The molecule has 0 radical (unpaired) electrons. The number of hydrogen-bond acceptors (Lipinski definition) is 2. The molecule has 2 aromatic rings. The second-order valence-electron chi connectivity index (χ2n) is 5.16. The van der Waals surface area contributed by atoms with Crippen LogP contribution in [0, 0.1) is 13.8 Å². The number of rotatable bonds is 2. The van der Waals surface area contributed by atoms with Gasteiger partial charge in [0.05, 0.1) is 6.04 Å². The van der Waals surface area contributed by atoms with Crippen LogP contribution in [0.3, 0.4) is 0 Å². The second kappa shape index (κ2) is 5.30. The summed E-state index contributed by atoms with van der Waals surface area (Å²) in [6.45, 7) is 4.36. The highest BCUT2D eigenvalue weighted by Gasteiger charge is 2.20. The molecule has 0 amide bonds. The third-order valence-electron chi connectivity index (χ3n) is 3.91. The van der Waals surface area contributed by atoms with E-state index < -0.39 is 0 Å². The monoisotopic (exact) mass is 269 g/mol. The first-order valence-corrected chi connectivity index (χ1v) is 7.89. The van der Waals surface area contributed by atoms with Crippen molar-refractivity contribution in [2.45, 2.75) is 25.6 Å². The number of hydrogen-bond donors (Lipinski definition) is 1. The van der Waals surface area contributed by atoms with Gasteiger partial charge in [-0.2, -0.15) is 11.8 Å². The van der Waals surface area contributed by atoms with Crippen molar-refractivity contribution < 1.29 is 0 Å². The van der Waals surface area contributed by atoms with Crippen LogP contribution in [0.1, 0.15) is 28.3 Å². The SMILES string of the molecule is Cc1cccc(NC2CSCc3ccccc32)c1C. The summed E-state index contributed by atoms with van der Waals surface area (Å²) in [4.78, 5) is 0. The highest BCUT2D eigenvalue weighted by Crippen LogP contribution is 2.34. The Hall–Kier alpha value is -1.41. The van der Waals surface area contributed by atoms with Crippen molar-refractivity contribution in [2.24, 2.45) is 0 Å². The summed E-state index contributed by atoms with van der Waals surface area (Å²) in [5.74, 6) is 2.28. The van der Waals surface area contributed by atoms with E-state index in [1.165, 1.54) is 27.9 Å². The van der Waals surface area contributed by atoms with Crippen molar-refractivity contribution in [1.29, 1.82) is 0 Å². The van der Waals surface area contributed by atoms with Gasteiger partial charge in [-0.05, 0) is 42.2 Å². The molecular formula is C17H19NS. The lowest BCUT2D eigenvalue weighted by Crippen LogP contribution is -2.19. The molecule has 0 fully saturated rings. The average Bonchev–Trinajstić information content (AvgIpc) is 2.44. The molecule has 0 aromatic heterocycles. The summed E-state index contributed by atoms with van der Waals surface area (Å²) in [5.41, 5.74) is 6.91. The Balaban J connectivity index is 1.91. The highest BCUT2D eigenvalue weighted by molar-refractivity contribution is 7.98. The molecule has 1 aliphatic rings. The van der Waals surface area contributed by atoms with Crippen molar-refractivity contribution in [3.63, 3.8) is 0 Å². The molecule has 98 valence electrons. The van der Waals surface area contributed by atoms with E-state index in [1.54, 1.807) is 0 Å². The first-order chi connectivity index (χ1) is 9.25. The minimum absolute atomic E-state index is 0.426. The zero-order valence-electron chi connectivity index (χ0n) is 11.4. The van der Waals surface area contributed by atoms with E-state index in [-0.39, 0.29) is 0 Å². The van der Waals surface area contributed by atoms with Gasteiger partial charge < -0.3 is 5.32 Å². The van der Waals surface area contributed by atoms with Crippen molar-refractivity contribution >= 4 is 17.4 Å². The fourth-order valence-electron chi connectivity index (χ4n) is 2.60. The van der Waals surface area contributed by atoms with Gasteiger partial charge in [0.2, 0.25) is 0 Å². The Bertz CT molecular complexity index is 592. The summed E-state index contributed by atoms with van der Waals surface area (Å²) in [6, 6.07) is 15.7. The Labute approximate surface area is 119 Å². The molecule has 1 heterocycles. The molecule has 1 atom stereocenters. The molecular weight excluding hydrogens is 250 g/mol. The van der Waals surface area contributed by atoms with Gasteiger partial charge in [-0.15, -0.1) is 0 Å². The summed E-state index contributed by atoms with van der Waals surface area (Å²) in [5, 5.41) is 3.73. The third-order valence-corrected chi connectivity index (χ3v) is 4.99. The van der Waals surface area contributed by atoms with Gasteiger partial charge in [0, 0.05) is 17.2 Å². The van der Waals surface area contributed by atoms with Crippen molar-refractivity contribution in [3.8, 4) is 0 Å². The van der Waals surface area contributed by atoms with Crippen LogP contribution in [-0.2, 0) is 5.75 Å². The Kier molecular flexibility index (Phi) is 3.52. The normalized spacial score (nSPS) is 17.9. The van der Waals surface area contributed by atoms with E-state index in [0.717, 1.165) is 11.5 Å². The quantitative estimate of drug-likeness (QED) is 0.848. The first kappa shape index (κ1) is 12.6. The average molecular weight is 269 g/mol. The largest absolute Gasteiger partial charge is 0.377 e. The molecule has 0 saturated heterocycles. The lowest BCUT2D eigenvalue weighted by atomic mass is 10.0. The van der Waals surface area contributed by atoms with Crippen LogP contribution in [-0.4, -0.2) is 5.75 Å². The summed E-state index contributed by atoms with van der Waals surface area (Å²) in [6.07, 6.45) is 0. The van der Waals surface area contributed by atoms with Gasteiger partial charge in [-0.3, -0.25) is 0 Å². The van der Waals surface area contributed by atoms with Crippen LogP contribution in [0.5, 0.6) is 0 Å². The molecule has 1 unspecified atom stereocenters. The lowest BCUT2D eigenvalue weighted by molar-refractivity contribution is 0.869. The fraction of sp³-hybridized carbons (Fsp3) is 0.294. The van der Waals surface area contributed by atoms with Crippen LogP contribution in [0.4, 0.5) is 5.69 Å². The number of benzene rings is 2. The third kappa shape index (κ3) is 2.50.